The second-order valence-corrected chi connectivity index (χ2v) is 9.51. The van der Waals surface area contributed by atoms with Crippen LogP contribution in [0, 0.1) is 11.6 Å². The molecule has 0 fully saturated rings. The second kappa shape index (κ2) is 15.9. The minimum absolute atomic E-state index is 0. The smallest absolute Gasteiger partial charge is 0.346 e. The quantitative estimate of drug-likeness (QED) is 0.268. The summed E-state index contributed by atoms with van der Waals surface area (Å²) in [7, 11) is -10.0. The molecule has 0 spiro atoms. The molecule has 0 amide bonds. The first-order chi connectivity index (χ1) is 12.5. The van der Waals surface area contributed by atoms with Gasteiger partial charge < -0.3 is 14.5 Å². The summed E-state index contributed by atoms with van der Waals surface area (Å²) in [5.41, 5.74) is 0.134. The second-order valence-electron chi connectivity index (χ2n) is 5.76. The van der Waals surface area contributed by atoms with Crippen molar-refractivity contribution in [2.24, 2.45) is 0 Å². The molecule has 1 atom stereocenters. The third kappa shape index (κ3) is 12.2. The number of benzene rings is 2. The Labute approximate surface area is 301 Å². The first kappa shape index (κ1) is 35.2. The molecule has 2 aromatic carbocycles. The summed E-state index contributed by atoms with van der Waals surface area (Å²) in [6.07, 6.45) is -0.698. The van der Waals surface area contributed by atoms with E-state index in [1.54, 1.807) is 0 Å². The summed E-state index contributed by atoms with van der Waals surface area (Å²) in [4.78, 5) is 15.8. The van der Waals surface area contributed by atoms with Crippen molar-refractivity contribution in [3.05, 3.63) is 59.7 Å². The van der Waals surface area contributed by atoms with Crippen LogP contribution in [0.1, 0.15) is 18.4 Å². The summed E-state index contributed by atoms with van der Waals surface area (Å²) in [5.74, 6) is -0.483. The van der Waals surface area contributed by atoms with Gasteiger partial charge in [-0.25, -0.2) is 8.78 Å². The Bertz CT molecular complexity index is 956. The maximum atomic E-state index is 13.9. The fourth-order valence-corrected chi connectivity index (χ4v) is 4.77. The number of hydrogen-bond donors (Lipinski definition) is 3. The first-order valence-corrected chi connectivity index (χ1v) is 10.9. The average molecular weight is 540 g/mol. The van der Waals surface area contributed by atoms with E-state index in [1.165, 1.54) is 36.4 Å². The van der Waals surface area contributed by atoms with Gasteiger partial charge in [-0.05, 0) is 67.3 Å². The summed E-state index contributed by atoms with van der Waals surface area (Å²) >= 11 is 0. The molecule has 0 aliphatic rings. The molecule has 14 heteroatoms. The number of rotatable bonds is 8. The molecule has 0 aromatic heterocycles. The van der Waals surface area contributed by atoms with Gasteiger partial charge in [0.05, 0.1) is 0 Å². The molecule has 0 saturated heterocycles. The predicted molar refractivity (Wildman–Crippen MR) is 110 cm³/mol. The number of hydrogen-bond acceptors (Lipinski definition) is 4. The molecule has 0 saturated carbocycles. The largest absolute Gasteiger partial charge is 0.457 e. The van der Waals surface area contributed by atoms with E-state index >= 15 is 0 Å². The van der Waals surface area contributed by atoms with Crippen LogP contribution in [0.2, 0.25) is 0 Å². The molecule has 3 N–H and O–H groups in total. The van der Waals surface area contributed by atoms with Crippen molar-refractivity contribution in [2.75, 3.05) is 0 Å². The zero-order valence-corrected chi connectivity index (χ0v) is 27.9. The van der Waals surface area contributed by atoms with Crippen molar-refractivity contribution in [3.8, 4) is 11.5 Å². The first-order valence-electron chi connectivity index (χ1n) is 7.70. The van der Waals surface area contributed by atoms with E-state index < -0.39 is 40.8 Å². The fraction of sp³-hybridized carbons (Fsp3) is 0.250. The van der Waals surface area contributed by atoms with Gasteiger partial charge in [0.15, 0.2) is 4.99 Å². The van der Waals surface area contributed by atoms with E-state index in [9.17, 15) is 21.8 Å². The molecule has 0 aliphatic heterocycles. The van der Waals surface area contributed by atoms with E-state index in [-0.39, 0.29) is 178 Å². The summed E-state index contributed by atoms with van der Waals surface area (Å²) in [6.45, 7) is 0. The van der Waals surface area contributed by atoms with Gasteiger partial charge in [0.25, 0.3) is 10.1 Å². The van der Waals surface area contributed by atoms with Crippen molar-refractivity contribution in [1.29, 1.82) is 0 Å². The Morgan fingerprint density at radius 2 is 1.50 bits per heavy atom. The minimum Gasteiger partial charge on any atom is -0.457 e. The zero-order valence-electron chi connectivity index (χ0n) is 16.8. The van der Waals surface area contributed by atoms with Crippen molar-refractivity contribution in [3.63, 3.8) is 0 Å². The third-order valence-corrected chi connectivity index (χ3v) is 7.24. The van der Waals surface area contributed by atoms with Crippen LogP contribution in [0.3, 0.4) is 0 Å². The van der Waals surface area contributed by atoms with E-state index in [0.717, 1.165) is 6.07 Å². The monoisotopic (exact) mass is 539 g/mol. The molecule has 30 heavy (non-hydrogen) atoms. The van der Waals surface area contributed by atoms with Gasteiger partial charge in [-0.3, -0.25) is 9.12 Å². The van der Waals surface area contributed by atoms with Gasteiger partial charge in [-0.2, -0.15) is 8.42 Å². The zero-order chi connectivity index (χ0) is 20.2. The van der Waals surface area contributed by atoms with Gasteiger partial charge in [0.2, 0.25) is 0 Å². The Balaban J connectivity index is 0. The van der Waals surface area contributed by atoms with Crippen molar-refractivity contribution < 1.29 is 40.8 Å². The fourth-order valence-electron chi connectivity index (χ4n) is 2.40. The Morgan fingerprint density at radius 1 is 0.967 bits per heavy atom. The summed E-state index contributed by atoms with van der Waals surface area (Å²) in [5, 5.41) is 0. The molecule has 1 unspecified atom stereocenters. The van der Waals surface area contributed by atoms with Crippen LogP contribution < -0.4 is 4.74 Å². The summed E-state index contributed by atoms with van der Waals surface area (Å²) in [6, 6.07) is 8.97. The molecular weight excluding hydrogens is 523 g/mol. The standard InChI is InChI=1S/C16H17F2O7PS.3K/c17-12-4-6-13(7-5-12)25-14-8-9-15(18)11(10-14)2-1-3-16(26(19,20)21)27(22,23)24;;;/h4-10,16H,1-3H2,(H2,19,20,21)(H,22,23,24);;;. The summed E-state index contributed by atoms with van der Waals surface area (Å²) < 4.78 is 74.7. The molecule has 2 aromatic rings. The maximum absolute atomic E-state index is 13.9. The topological polar surface area (TPSA) is 121 Å². The molecule has 0 aliphatic carbocycles. The van der Waals surface area contributed by atoms with Crippen LogP contribution in [0.4, 0.5) is 8.78 Å². The Morgan fingerprint density at radius 3 is 2.00 bits per heavy atom. The SMILES string of the molecule is O=P(O)(O)C(CCCc1cc(Oc2ccc(F)cc2)ccc1F)S(=O)(=O)O.[K].[K].[K]. The average Bonchev–Trinajstić information content (AvgIpc) is 2.54. The number of ether oxygens (including phenoxy) is 1. The van der Waals surface area contributed by atoms with E-state index in [2.05, 4.69) is 0 Å². The Hall–Kier alpha value is 3.07. The number of aryl methyl sites for hydroxylation is 1. The van der Waals surface area contributed by atoms with Gasteiger partial charge in [-0.15, -0.1) is 0 Å². The molecular formula is C16H17F2K3O7PS. The normalized spacial score (nSPS) is 12.0. The van der Waals surface area contributed by atoms with Crippen LogP contribution in [-0.2, 0) is 21.1 Å². The molecule has 7 nitrogen and oxygen atoms in total. The van der Waals surface area contributed by atoms with Crippen molar-refractivity contribution in [2.45, 2.75) is 24.3 Å². The predicted octanol–water partition coefficient (Wildman–Crippen LogP) is 2.33. The van der Waals surface area contributed by atoms with Crippen LogP contribution in [0.25, 0.3) is 0 Å². The van der Waals surface area contributed by atoms with Crippen LogP contribution >= 0.6 is 7.60 Å². The van der Waals surface area contributed by atoms with Gasteiger partial charge in [0, 0.05) is 154 Å². The van der Waals surface area contributed by atoms with Crippen LogP contribution in [-0.4, -0.2) is 182 Å². The van der Waals surface area contributed by atoms with Crippen LogP contribution in [0.15, 0.2) is 42.5 Å². The maximum Gasteiger partial charge on any atom is 0.346 e. The van der Waals surface area contributed by atoms with Crippen LogP contribution in [0.5, 0.6) is 11.5 Å². The van der Waals surface area contributed by atoms with Crippen molar-refractivity contribution in [1.82, 2.24) is 0 Å². The van der Waals surface area contributed by atoms with Gasteiger partial charge >= 0.3 is 7.60 Å². The minimum atomic E-state index is -5.08. The molecule has 0 bridgehead atoms. The van der Waals surface area contributed by atoms with E-state index in [0.29, 0.717) is 5.75 Å². The van der Waals surface area contributed by atoms with Crippen molar-refractivity contribution >= 4 is 172 Å². The molecule has 3 radical (unpaired) electrons. The van der Waals surface area contributed by atoms with E-state index in [1.807, 2.05) is 0 Å². The molecule has 0 heterocycles. The molecule has 151 valence electrons. The third-order valence-electron chi connectivity index (χ3n) is 3.68. The number of halogens is 2. The Kier molecular flexibility index (Phi) is 18.7. The van der Waals surface area contributed by atoms with Gasteiger partial charge in [0.1, 0.15) is 23.1 Å². The van der Waals surface area contributed by atoms with Gasteiger partial charge in [-0.1, -0.05) is 0 Å². The molecule has 2 rings (SSSR count). The van der Waals surface area contributed by atoms with E-state index in [4.69, 9.17) is 19.1 Å².